The highest BCUT2D eigenvalue weighted by Gasteiger charge is 2.30. The number of nitrogens with one attached hydrogen (secondary N) is 1. The Balaban J connectivity index is 1.73. The molecule has 1 heterocycles. The molecular weight excluding hydrogens is 276 g/mol. The summed E-state index contributed by atoms with van der Waals surface area (Å²) >= 11 is 1.69. The molecule has 2 N–H and O–H groups in total. The van der Waals surface area contributed by atoms with Crippen LogP contribution in [-0.2, 0) is 11.2 Å². The first-order valence-corrected chi connectivity index (χ1v) is 7.71. The molecule has 0 bridgehead atoms. The normalized spacial score (nSPS) is 21.6. The number of nitrogens with zero attached hydrogens (tertiary/aromatic N) is 1. The molecule has 6 heteroatoms. The summed E-state index contributed by atoms with van der Waals surface area (Å²) in [5.41, 5.74) is 0. The van der Waals surface area contributed by atoms with Crippen LogP contribution in [0.4, 0.5) is 4.79 Å². The van der Waals surface area contributed by atoms with Crippen LogP contribution < -0.4 is 5.32 Å². The average Bonchev–Trinajstić information content (AvgIpc) is 3.06. The molecule has 110 valence electrons. The fourth-order valence-electron chi connectivity index (χ4n) is 2.46. The molecule has 1 fully saturated rings. The Morgan fingerprint density at radius 2 is 2.30 bits per heavy atom. The summed E-state index contributed by atoms with van der Waals surface area (Å²) in [6, 6.07) is 3.94. The predicted octanol–water partition coefficient (Wildman–Crippen LogP) is 2.19. The van der Waals surface area contributed by atoms with E-state index in [1.807, 2.05) is 11.4 Å². The second-order valence-electron chi connectivity index (χ2n) is 5.25. The lowest BCUT2D eigenvalue weighted by Crippen LogP contribution is -2.43. The second kappa shape index (κ2) is 6.74. The van der Waals surface area contributed by atoms with Gasteiger partial charge in [-0.2, -0.15) is 0 Å². The van der Waals surface area contributed by atoms with Crippen molar-refractivity contribution < 1.29 is 14.7 Å². The summed E-state index contributed by atoms with van der Waals surface area (Å²) < 4.78 is 0. The van der Waals surface area contributed by atoms with Gasteiger partial charge in [0.1, 0.15) is 0 Å². The van der Waals surface area contributed by atoms with E-state index >= 15 is 0 Å². The van der Waals surface area contributed by atoms with Crippen LogP contribution in [0.15, 0.2) is 17.5 Å². The molecule has 0 saturated heterocycles. The molecule has 0 radical (unpaired) electrons. The van der Waals surface area contributed by atoms with Gasteiger partial charge < -0.3 is 15.3 Å². The number of likely N-dealkylation sites (N-methyl/N-ethyl adjacent to an activating group) is 1. The molecule has 2 amide bonds. The smallest absolute Gasteiger partial charge is 0.317 e. The fraction of sp³-hybridized carbons (Fsp3) is 0.571. The minimum atomic E-state index is -0.757. The van der Waals surface area contributed by atoms with E-state index in [0.717, 1.165) is 12.8 Å². The lowest BCUT2D eigenvalue weighted by Gasteiger charge is -2.20. The van der Waals surface area contributed by atoms with Crippen LogP contribution in [0.3, 0.4) is 0 Å². The van der Waals surface area contributed by atoms with Gasteiger partial charge in [-0.3, -0.25) is 4.79 Å². The van der Waals surface area contributed by atoms with E-state index in [1.54, 1.807) is 23.3 Å². The fourth-order valence-corrected chi connectivity index (χ4v) is 3.15. The highest BCUT2D eigenvalue weighted by atomic mass is 32.1. The number of hydrogen-bond donors (Lipinski definition) is 2. The molecule has 2 unspecified atom stereocenters. The maximum atomic E-state index is 12.0. The zero-order valence-electron chi connectivity index (χ0n) is 11.5. The van der Waals surface area contributed by atoms with Crippen LogP contribution in [0.1, 0.15) is 24.1 Å². The van der Waals surface area contributed by atoms with E-state index in [4.69, 9.17) is 5.11 Å². The number of carbonyl (C=O) groups excluding carboxylic acids is 1. The highest BCUT2D eigenvalue weighted by molar-refractivity contribution is 7.09. The van der Waals surface area contributed by atoms with Crippen molar-refractivity contribution in [2.24, 2.45) is 5.92 Å². The first-order chi connectivity index (χ1) is 9.56. The summed E-state index contributed by atoms with van der Waals surface area (Å²) in [5, 5.41) is 13.9. The van der Waals surface area contributed by atoms with Gasteiger partial charge in [-0.15, -0.1) is 11.3 Å². The van der Waals surface area contributed by atoms with Gasteiger partial charge in [0.15, 0.2) is 0 Å². The first kappa shape index (κ1) is 14.8. The third-order valence-corrected chi connectivity index (χ3v) is 4.67. The molecular formula is C14H20N2O3S. The Bertz CT molecular complexity index is 461. The molecule has 1 aromatic rings. The van der Waals surface area contributed by atoms with Gasteiger partial charge in [-0.25, -0.2) is 4.79 Å². The Labute approximate surface area is 122 Å². The lowest BCUT2D eigenvalue weighted by molar-refractivity contribution is -0.141. The zero-order chi connectivity index (χ0) is 14.5. The third-order valence-electron chi connectivity index (χ3n) is 3.73. The van der Waals surface area contributed by atoms with Gasteiger partial charge in [0, 0.05) is 24.5 Å². The highest BCUT2D eigenvalue weighted by Crippen LogP contribution is 2.25. The van der Waals surface area contributed by atoms with Gasteiger partial charge >= 0.3 is 12.0 Å². The summed E-state index contributed by atoms with van der Waals surface area (Å²) in [4.78, 5) is 25.8. The van der Waals surface area contributed by atoms with Crippen molar-refractivity contribution in [1.82, 2.24) is 10.2 Å². The Kier molecular flexibility index (Phi) is 5.00. The van der Waals surface area contributed by atoms with Crippen LogP contribution in [-0.4, -0.2) is 41.6 Å². The Morgan fingerprint density at radius 3 is 2.90 bits per heavy atom. The molecule has 1 aliphatic carbocycles. The number of rotatable bonds is 5. The number of carboxylic acid groups (broad SMARTS) is 1. The number of hydrogen-bond acceptors (Lipinski definition) is 3. The molecule has 1 saturated carbocycles. The molecule has 5 nitrogen and oxygen atoms in total. The zero-order valence-corrected chi connectivity index (χ0v) is 12.4. The summed E-state index contributed by atoms with van der Waals surface area (Å²) in [6.07, 6.45) is 2.80. The largest absolute Gasteiger partial charge is 0.481 e. The topological polar surface area (TPSA) is 69.6 Å². The minimum Gasteiger partial charge on any atom is -0.481 e. The maximum absolute atomic E-state index is 12.0. The van der Waals surface area contributed by atoms with Gasteiger partial charge in [0.05, 0.1) is 5.92 Å². The third kappa shape index (κ3) is 3.96. The lowest BCUT2D eigenvalue weighted by atomic mass is 10.1. The van der Waals surface area contributed by atoms with Crippen molar-refractivity contribution in [2.75, 3.05) is 13.6 Å². The number of carboxylic acids is 1. The van der Waals surface area contributed by atoms with E-state index in [2.05, 4.69) is 11.4 Å². The van der Waals surface area contributed by atoms with Crippen molar-refractivity contribution >= 4 is 23.3 Å². The molecule has 0 aliphatic heterocycles. The molecule has 20 heavy (non-hydrogen) atoms. The van der Waals surface area contributed by atoms with Crippen LogP contribution in [0.5, 0.6) is 0 Å². The van der Waals surface area contributed by atoms with Crippen molar-refractivity contribution in [1.29, 1.82) is 0 Å². The van der Waals surface area contributed by atoms with Gasteiger partial charge in [-0.05, 0) is 37.1 Å². The Hall–Kier alpha value is -1.56. The minimum absolute atomic E-state index is 0.00668. The standard InChI is InChI=1S/C14H20N2O3S/c1-16(7-6-12-3-2-8-20-12)14(19)15-11-5-4-10(9-11)13(17)18/h2-3,8,10-11H,4-7,9H2,1H3,(H,15,19)(H,17,18). The van der Waals surface area contributed by atoms with Crippen molar-refractivity contribution in [3.8, 4) is 0 Å². The monoisotopic (exact) mass is 296 g/mol. The van der Waals surface area contributed by atoms with Gasteiger partial charge in [-0.1, -0.05) is 6.07 Å². The Morgan fingerprint density at radius 1 is 1.50 bits per heavy atom. The van der Waals surface area contributed by atoms with Crippen LogP contribution in [0.2, 0.25) is 0 Å². The van der Waals surface area contributed by atoms with Crippen molar-refractivity contribution in [3.63, 3.8) is 0 Å². The number of thiophene rings is 1. The quantitative estimate of drug-likeness (QED) is 0.875. The van der Waals surface area contributed by atoms with E-state index in [1.165, 1.54) is 4.88 Å². The molecule has 0 aromatic carbocycles. The van der Waals surface area contributed by atoms with Crippen LogP contribution >= 0.6 is 11.3 Å². The van der Waals surface area contributed by atoms with E-state index in [0.29, 0.717) is 19.4 Å². The average molecular weight is 296 g/mol. The summed E-state index contributed by atoms with van der Waals surface area (Å²) in [5.74, 6) is -1.07. The maximum Gasteiger partial charge on any atom is 0.317 e. The van der Waals surface area contributed by atoms with E-state index in [9.17, 15) is 9.59 Å². The van der Waals surface area contributed by atoms with Gasteiger partial charge in [0.2, 0.25) is 0 Å². The number of carbonyl (C=O) groups is 2. The summed E-state index contributed by atoms with van der Waals surface area (Å²) in [6.45, 7) is 0.668. The van der Waals surface area contributed by atoms with Crippen LogP contribution in [0, 0.1) is 5.92 Å². The molecule has 0 spiro atoms. The molecule has 2 atom stereocenters. The summed E-state index contributed by atoms with van der Waals surface area (Å²) in [7, 11) is 1.77. The van der Waals surface area contributed by atoms with Crippen LogP contribution in [0.25, 0.3) is 0 Å². The van der Waals surface area contributed by atoms with Crippen molar-refractivity contribution in [3.05, 3.63) is 22.4 Å². The molecule has 2 rings (SSSR count). The molecule has 1 aliphatic rings. The second-order valence-corrected chi connectivity index (χ2v) is 6.28. The van der Waals surface area contributed by atoms with Gasteiger partial charge in [0.25, 0.3) is 0 Å². The number of aliphatic carboxylic acids is 1. The number of amides is 2. The number of urea groups is 1. The first-order valence-electron chi connectivity index (χ1n) is 6.83. The van der Waals surface area contributed by atoms with E-state index < -0.39 is 5.97 Å². The SMILES string of the molecule is CN(CCc1cccs1)C(=O)NC1CCC(C(=O)O)C1. The molecule has 1 aromatic heterocycles. The van der Waals surface area contributed by atoms with Crippen molar-refractivity contribution in [2.45, 2.75) is 31.7 Å². The predicted molar refractivity (Wildman–Crippen MR) is 77.9 cm³/mol. The van der Waals surface area contributed by atoms with E-state index in [-0.39, 0.29) is 18.0 Å².